The third-order valence-corrected chi connectivity index (χ3v) is 4.78. The van der Waals surface area contributed by atoms with Gasteiger partial charge in [-0.2, -0.15) is 0 Å². The van der Waals surface area contributed by atoms with Gasteiger partial charge in [0.2, 0.25) is 0 Å². The Kier molecular flexibility index (Phi) is 5.59. The molecule has 132 valence electrons. The van der Waals surface area contributed by atoms with E-state index in [1.54, 1.807) is 12.0 Å². The first-order valence-electron chi connectivity index (χ1n) is 8.91. The molecule has 1 heterocycles. The van der Waals surface area contributed by atoms with Gasteiger partial charge in [0.25, 0.3) is 5.91 Å². The van der Waals surface area contributed by atoms with E-state index in [-0.39, 0.29) is 5.91 Å². The zero-order chi connectivity index (χ0) is 17.6. The Morgan fingerprint density at radius 1 is 1.04 bits per heavy atom. The molecule has 0 aromatic heterocycles. The van der Waals surface area contributed by atoms with Gasteiger partial charge in [0, 0.05) is 37.9 Å². The summed E-state index contributed by atoms with van der Waals surface area (Å²) in [5.41, 5.74) is 3.14. The predicted molar refractivity (Wildman–Crippen MR) is 101 cm³/mol. The van der Waals surface area contributed by atoms with Gasteiger partial charge in [0.1, 0.15) is 5.75 Å². The Balaban J connectivity index is 1.73. The summed E-state index contributed by atoms with van der Waals surface area (Å²) < 4.78 is 5.16. The molecule has 1 aliphatic rings. The first-order chi connectivity index (χ1) is 12.2. The highest BCUT2D eigenvalue weighted by atomic mass is 16.5. The summed E-state index contributed by atoms with van der Waals surface area (Å²) >= 11 is 0. The second kappa shape index (κ2) is 8.06. The molecule has 0 aliphatic carbocycles. The van der Waals surface area contributed by atoms with E-state index in [1.807, 2.05) is 31.3 Å². The summed E-state index contributed by atoms with van der Waals surface area (Å²) in [5, 5.41) is 0. The number of hydrogen-bond acceptors (Lipinski definition) is 3. The number of hydrogen-bond donors (Lipinski definition) is 0. The van der Waals surface area contributed by atoms with Crippen molar-refractivity contribution in [2.24, 2.45) is 0 Å². The molecule has 4 nitrogen and oxygen atoms in total. The van der Waals surface area contributed by atoms with Crippen molar-refractivity contribution < 1.29 is 9.53 Å². The molecule has 25 heavy (non-hydrogen) atoms. The molecule has 3 rings (SSSR count). The van der Waals surface area contributed by atoms with Crippen molar-refractivity contribution in [3.05, 3.63) is 59.7 Å². The van der Waals surface area contributed by atoms with E-state index < -0.39 is 0 Å². The molecule has 0 bridgehead atoms. The zero-order valence-corrected chi connectivity index (χ0v) is 15.1. The van der Waals surface area contributed by atoms with Crippen molar-refractivity contribution in [3.8, 4) is 5.75 Å². The lowest BCUT2D eigenvalue weighted by molar-refractivity contribution is 0.0785. The Morgan fingerprint density at radius 2 is 1.72 bits per heavy atom. The van der Waals surface area contributed by atoms with Crippen molar-refractivity contribution >= 4 is 11.6 Å². The zero-order valence-electron chi connectivity index (χ0n) is 15.1. The monoisotopic (exact) mass is 338 g/mol. The van der Waals surface area contributed by atoms with Gasteiger partial charge in [-0.05, 0) is 55.2 Å². The number of para-hydroxylation sites is 1. The van der Waals surface area contributed by atoms with Gasteiger partial charge in [-0.15, -0.1) is 0 Å². The van der Waals surface area contributed by atoms with E-state index in [0.29, 0.717) is 12.1 Å². The van der Waals surface area contributed by atoms with Crippen LogP contribution in [0.2, 0.25) is 0 Å². The minimum absolute atomic E-state index is 0.0242. The number of rotatable bonds is 5. The number of carbonyl (C=O) groups is 1. The second-order valence-electron chi connectivity index (χ2n) is 6.57. The quantitative estimate of drug-likeness (QED) is 0.827. The molecule has 2 aromatic carbocycles. The van der Waals surface area contributed by atoms with Crippen LogP contribution in [0.25, 0.3) is 0 Å². The molecule has 1 amide bonds. The van der Waals surface area contributed by atoms with E-state index in [9.17, 15) is 4.79 Å². The van der Waals surface area contributed by atoms with Gasteiger partial charge in [-0.1, -0.05) is 18.2 Å². The topological polar surface area (TPSA) is 32.8 Å². The molecular weight excluding hydrogens is 312 g/mol. The number of carbonyl (C=O) groups excluding carboxylic acids is 1. The van der Waals surface area contributed by atoms with E-state index in [4.69, 9.17) is 4.74 Å². The fourth-order valence-corrected chi connectivity index (χ4v) is 3.37. The Morgan fingerprint density at radius 3 is 2.40 bits per heavy atom. The van der Waals surface area contributed by atoms with Gasteiger partial charge in [0.15, 0.2) is 0 Å². The maximum absolute atomic E-state index is 12.7. The first-order valence-corrected chi connectivity index (χ1v) is 8.91. The highest BCUT2D eigenvalue weighted by molar-refractivity contribution is 5.94. The van der Waals surface area contributed by atoms with Crippen LogP contribution in [0, 0.1) is 0 Å². The lowest BCUT2D eigenvalue weighted by Gasteiger charge is -2.31. The van der Waals surface area contributed by atoms with Gasteiger partial charge < -0.3 is 14.5 Å². The summed E-state index contributed by atoms with van der Waals surface area (Å²) in [7, 11) is 3.49. The van der Waals surface area contributed by atoms with Crippen LogP contribution < -0.4 is 9.64 Å². The molecule has 2 aromatic rings. The van der Waals surface area contributed by atoms with E-state index in [1.165, 1.54) is 30.5 Å². The molecular formula is C21H26N2O2. The molecule has 0 atom stereocenters. The number of amides is 1. The number of nitrogens with zero attached hydrogens (tertiary/aromatic N) is 2. The van der Waals surface area contributed by atoms with E-state index >= 15 is 0 Å². The third-order valence-electron chi connectivity index (χ3n) is 4.78. The van der Waals surface area contributed by atoms with Crippen molar-refractivity contribution in [2.45, 2.75) is 25.8 Å². The Labute approximate surface area is 150 Å². The largest absolute Gasteiger partial charge is 0.497 e. The maximum atomic E-state index is 12.7. The average Bonchev–Trinajstić information content (AvgIpc) is 2.68. The van der Waals surface area contributed by atoms with Crippen LogP contribution in [0.3, 0.4) is 0 Å². The van der Waals surface area contributed by atoms with Crippen LogP contribution in [0.15, 0.2) is 48.5 Å². The summed E-state index contributed by atoms with van der Waals surface area (Å²) in [6.45, 7) is 2.82. The van der Waals surface area contributed by atoms with E-state index in [2.05, 4.69) is 29.2 Å². The Hall–Kier alpha value is -2.49. The molecule has 0 N–H and O–H groups in total. The predicted octanol–water partition coefficient (Wildman–Crippen LogP) is 3.96. The fraction of sp³-hybridized carbons (Fsp3) is 0.381. The van der Waals surface area contributed by atoms with Crippen LogP contribution in [0.5, 0.6) is 5.75 Å². The number of anilines is 1. The van der Waals surface area contributed by atoms with Crippen LogP contribution in [-0.2, 0) is 6.54 Å². The van der Waals surface area contributed by atoms with E-state index in [0.717, 1.165) is 18.8 Å². The Bertz CT molecular complexity index is 706. The molecule has 1 fully saturated rings. The third kappa shape index (κ3) is 4.13. The minimum Gasteiger partial charge on any atom is -0.497 e. The minimum atomic E-state index is 0.0242. The smallest absolute Gasteiger partial charge is 0.253 e. The van der Waals surface area contributed by atoms with Crippen molar-refractivity contribution in [2.75, 3.05) is 32.1 Å². The average molecular weight is 338 g/mol. The normalized spacial score (nSPS) is 14.2. The van der Waals surface area contributed by atoms with Gasteiger partial charge >= 0.3 is 0 Å². The first kappa shape index (κ1) is 17.3. The SMILES string of the molecule is COc1ccc(C(=O)N(C)Cc2ccccc2N2CCCCC2)cc1. The van der Waals surface area contributed by atoms with Crippen LogP contribution >= 0.6 is 0 Å². The standard InChI is InChI=1S/C21H26N2O2/c1-22(21(24)17-10-12-19(25-2)13-11-17)16-18-8-4-5-9-20(18)23-14-6-3-7-15-23/h4-5,8-13H,3,6-7,14-16H2,1-2H3. The summed E-state index contributed by atoms with van der Waals surface area (Å²) in [6, 6.07) is 15.7. The number of piperidine rings is 1. The van der Waals surface area contributed by atoms with Crippen LogP contribution in [0.1, 0.15) is 35.2 Å². The lowest BCUT2D eigenvalue weighted by Crippen LogP contribution is -2.32. The fourth-order valence-electron chi connectivity index (χ4n) is 3.37. The van der Waals surface area contributed by atoms with Gasteiger partial charge in [0.05, 0.1) is 7.11 Å². The maximum Gasteiger partial charge on any atom is 0.253 e. The lowest BCUT2D eigenvalue weighted by atomic mass is 10.1. The van der Waals surface area contributed by atoms with Crippen molar-refractivity contribution in [3.63, 3.8) is 0 Å². The highest BCUT2D eigenvalue weighted by Gasteiger charge is 2.17. The van der Waals surface area contributed by atoms with Crippen molar-refractivity contribution in [1.82, 2.24) is 4.90 Å². The van der Waals surface area contributed by atoms with Gasteiger partial charge in [-0.25, -0.2) is 0 Å². The molecule has 0 radical (unpaired) electrons. The molecule has 0 saturated carbocycles. The second-order valence-corrected chi connectivity index (χ2v) is 6.57. The number of methoxy groups -OCH3 is 1. The van der Waals surface area contributed by atoms with Crippen molar-refractivity contribution in [1.29, 1.82) is 0 Å². The highest BCUT2D eigenvalue weighted by Crippen LogP contribution is 2.25. The summed E-state index contributed by atoms with van der Waals surface area (Å²) in [6.07, 6.45) is 3.80. The number of ether oxygens (including phenoxy) is 1. The summed E-state index contributed by atoms with van der Waals surface area (Å²) in [4.78, 5) is 16.9. The molecule has 4 heteroatoms. The molecule has 0 spiro atoms. The summed E-state index contributed by atoms with van der Waals surface area (Å²) in [5.74, 6) is 0.783. The molecule has 1 saturated heterocycles. The van der Waals surface area contributed by atoms with Crippen LogP contribution in [0.4, 0.5) is 5.69 Å². The van der Waals surface area contributed by atoms with Gasteiger partial charge in [-0.3, -0.25) is 4.79 Å². The molecule has 1 aliphatic heterocycles. The van der Waals surface area contributed by atoms with Crippen LogP contribution in [-0.4, -0.2) is 38.1 Å². The molecule has 0 unspecified atom stereocenters. The number of benzene rings is 2.